The predicted molar refractivity (Wildman–Crippen MR) is 130 cm³/mol. The van der Waals surface area contributed by atoms with Crippen LogP contribution in [0.5, 0.6) is 17.2 Å². The van der Waals surface area contributed by atoms with Crippen LogP contribution in [-0.4, -0.2) is 38.7 Å². The van der Waals surface area contributed by atoms with Gasteiger partial charge in [0.15, 0.2) is 0 Å². The highest BCUT2D eigenvalue weighted by Gasteiger charge is 2.47. The van der Waals surface area contributed by atoms with E-state index in [0.717, 1.165) is 11.1 Å². The molecule has 1 heterocycles. The molecular formula is C27H28N2O5. The number of hydrogen-bond donors (Lipinski definition) is 1. The molecule has 2 amide bonds. The number of hydrogen-bond acceptors (Lipinski definition) is 5. The Balaban J connectivity index is 1.76. The SMILES string of the molecule is COc1cc(OC)cc(N2C(=O)c3ccccc3CC2(C)C(=O)NCc2ccccc2OC)c1. The molecule has 0 aliphatic carbocycles. The molecule has 0 saturated carbocycles. The Kier molecular flexibility index (Phi) is 6.45. The number of benzene rings is 3. The molecule has 0 bridgehead atoms. The normalized spacial score (nSPS) is 17.1. The summed E-state index contributed by atoms with van der Waals surface area (Å²) in [5.41, 5.74) is 1.57. The number of nitrogens with one attached hydrogen (secondary N) is 1. The van der Waals surface area contributed by atoms with Crippen LogP contribution in [0.1, 0.15) is 28.4 Å². The van der Waals surface area contributed by atoms with Crippen molar-refractivity contribution in [3.05, 3.63) is 83.4 Å². The fraction of sp³-hybridized carbons (Fsp3) is 0.259. The zero-order valence-corrected chi connectivity index (χ0v) is 19.8. The summed E-state index contributed by atoms with van der Waals surface area (Å²) in [6, 6.07) is 20.1. The largest absolute Gasteiger partial charge is 0.497 e. The summed E-state index contributed by atoms with van der Waals surface area (Å²) in [6.07, 6.45) is 0.353. The van der Waals surface area contributed by atoms with Crippen molar-refractivity contribution in [2.45, 2.75) is 25.4 Å². The van der Waals surface area contributed by atoms with Crippen molar-refractivity contribution in [2.75, 3.05) is 26.2 Å². The first-order valence-corrected chi connectivity index (χ1v) is 11.0. The maximum Gasteiger partial charge on any atom is 0.259 e. The highest BCUT2D eigenvalue weighted by Crippen LogP contribution is 2.38. The van der Waals surface area contributed by atoms with E-state index in [1.54, 1.807) is 52.5 Å². The monoisotopic (exact) mass is 460 g/mol. The van der Waals surface area contributed by atoms with Gasteiger partial charge in [0.05, 0.1) is 27.0 Å². The van der Waals surface area contributed by atoms with Gasteiger partial charge in [0.25, 0.3) is 5.91 Å². The van der Waals surface area contributed by atoms with Crippen molar-refractivity contribution in [1.29, 1.82) is 0 Å². The second-order valence-electron chi connectivity index (χ2n) is 8.31. The summed E-state index contributed by atoms with van der Waals surface area (Å²) in [5.74, 6) is 1.21. The Morgan fingerprint density at radius 2 is 1.59 bits per heavy atom. The van der Waals surface area contributed by atoms with Crippen molar-refractivity contribution in [2.24, 2.45) is 0 Å². The molecule has 4 rings (SSSR count). The molecule has 34 heavy (non-hydrogen) atoms. The number of anilines is 1. The zero-order valence-electron chi connectivity index (χ0n) is 19.8. The van der Waals surface area contributed by atoms with E-state index in [9.17, 15) is 9.59 Å². The standard InChI is InChI=1S/C27H28N2O5/c1-27(26(31)28-17-19-10-6-8-12-24(19)34-4)16-18-9-5-7-11-23(18)25(30)29(27)20-13-21(32-2)15-22(14-20)33-3/h5-15H,16-17H2,1-4H3,(H,28,31). The number of carbonyl (C=O) groups is 2. The molecule has 0 radical (unpaired) electrons. The third-order valence-electron chi connectivity index (χ3n) is 6.19. The third-order valence-corrected chi connectivity index (χ3v) is 6.19. The van der Waals surface area contributed by atoms with Crippen LogP contribution >= 0.6 is 0 Å². The first-order valence-electron chi connectivity index (χ1n) is 11.0. The quantitative estimate of drug-likeness (QED) is 0.577. The molecule has 0 aromatic heterocycles. The number of methoxy groups -OCH3 is 3. The number of para-hydroxylation sites is 1. The van der Waals surface area contributed by atoms with Crippen LogP contribution < -0.4 is 24.4 Å². The summed E-state index contributed by atoms with van der Waals surface area (Å²) in [4.78, 5) is 29.0. The van der Waals surface area contributed by atoms with Crippen LogP contribution in [0.2, 0.25) is 0 Å². The van der Waals surface area contributed by atoms with E-state index in [2.05, 4.69) is 5.32 Å². The maximum atomic E-state index is 13.8. The summed E-state index contributed by atoms with van der Waals surface area (Å²) >= 11 is 0. The van der Waals surface area contributed by atoms with E-state index < -0.39 is 5.54 Å². The van der Waals surface area contributed by atoms with Crippen LogP contribution in [0, 0.1) is 0 Å². The molecule has 0 saturated heterocycles. The number of ether oxygens (including phenoxy) is 3. The minimum Gasteiger partial charge on any atom is -0.497 e. The van der Waals surface area contributed by atoms with Crippen molar-refractivity contribution >= 4 is 17.5 Å². The fourth-order valence-corrected chi connectivity index (χ4v) is 4.40. The molecule has 0 spiro atoms. The van der Waals surface area contributed by atoms with Crippen molar-refractivity contribution in [3.8, 4) is 17.2 Å². The minimum absolute atomic E-state index is 0.257. The molecule has 1 aliphatic rings. The second-order valence-corrected chi connectivity index (χ2v) is 8.31. The summed E-state index contributed by atoms with van der Waals surface area (Å²) in [7, 11) is 4.69. The van der Waals surface area contributed by atoms with Gasteiger partial charge in [-0.25, -0.2) is 0 Å². The number of amides is 2. The molecule has 1 aliphatic heterocycles. The van der Waals surface area contributed by atoms with Gasteiger partial charge in [0, 0.05) is 42.3 Å². The first kappa shape index (κ1) is 23.2. The van der Waals surface area contributed by atoms with Crippen LogP contribution in [0.4, 0.5) is 5.69 Å². The van der Waals surface area contributed by atoms with Crippen molar-refractivity contribution < 1.29 is 23.8 Å². The van der Waals surface area contributed by atoms with E-state index in [0.29, 0.717) is 34.9 Å². The maximum absolute atomic E-state index is 13.8. The average molecular weight is 461 g/mol. The lowest BCUT2D eigenvalue weighted by molar-refractivity contribution is -0.126. The van der Waals surface area contributed by atoms with Gasteiger partial charge in [-0.3, -0.25) is 14.5 Å². The van der Waals surface area contributed by atoms with Crippen LogP contribution in [0.3, 0.4) is 0 Å². The molecule has 1 N–H and O–H groups in total. The molecular weight excluding hydrogens is 432 g/mol. The van der Waals surface area contributed by atoms with Gasteiger partial charge in [-0.1, -0.05) is 36.4 Å². The highest BCUT2D eigenvalue weighted by atomic mass is 16.5. The van der Waals surface area contributed by atoms with Gasteiger partial charge in [0.1, 0.15) is 22.8 Å². The Hall–Kier alpha value is -4.00. The number of rotatable bonds is 7. The first-order chi connectivity index (χ1) is 16.4. The lowest BCUT2D eigenvalue weighted by Crippen LogP contribution is -2.63. The van der Waals surface area contributed by atoms with Crippen molar-refractivity contribution in [1.82, 2.24) is 5.32 Å². The van der Waals surface area contributed by atoms with Gasteiger partial charge in [-0.05, 0) is 24.6 Å². The molecule has 7 heteroatoms. The molecule has 3 aromatic rings. The van der Waals surface area contributed by atoms with E-state index in [1.807, 2.05) is 42.5 Å². The van der Waals surface area contributed by atoms with Gasteiger partial charge < -0.3 is 19.5 Å². The van der Waals surface area contributed by atoms with E-state index in [-0.39, 0.29) is 18.4 Å². The van der Waals surface area contributed by atoms with E-state index in [1.165, 1.54) is 4.90 Å². The number of nitrogens with zero attached hydrogens (tertiary/aromatic N) is 1. The lowest BCUT2D eigenvalue weighted by atomic mass is 9.82. The summed E-state index contributed by atoms with van der Waals surface area (Å²) in [6.45, 7) is 2.05. The van der Waals surface area contributed by atoms with Gasteiger partial charge in [0.2, 0.25) is 5.91 Å². The van der Waals surface area contributed by atoms with Gasteiger partial charge in [-0.2, -0.15) is 0 Å². The Bertz CT molecular complexity index is 1200. The average Bonchev–Trinajstić information content (AvgIpc) is 2.87. The molecule has 1 unspecified atom stereocenters. The Labute approximate surface area is 199 Å². The topological polar surface area (TPSA) is 77.1 Å². The molecule has 7 nitrogen and oxygen atoms in total. The lowest BCUT2D eigenvalue weighted by Gasteiger charge is -2.44. The third kappa shape index (κ3) is 4.17. The number of fused-ring (bicyclic) bond motifs is 1. The zero-order chi connectivity index (χ0) is 24.3. The smallest absolute Gasteiger partial charge is 0.259 e. The van der Waals surface area contributed by atoms with Crippen LogP contribution in [0.25, 0.3) is 0 Å². The molecule has 0 fully saturated rings. The Morgan fingerprint density at radius 1 is 0.941 bits per heavy atom. The van der Waals surface area contributed by atoms with Gasteiger partial charge in [-0.15, -0.1) is 0 Å². The summed E-state index contributed by atoms with van der Waals surface area (Å²) in [5, 5.41) is 3.02. The minimum atomic E-state index is -1.19. The van der Waals surface area contributed by atoms with Gasteiger partial charge >= 0.3 is 0 Å². The Morgan fingerprint density at radius 3 is 2.26 bits per heavy atom. The van der Waals surface area contributed by atoms with Crippen LogP contribution in [-0.2, 0) is 17.8 Å². The van der Waals surface area contributed by atoms with E-state index in [4.69, 9.17) is 14.2 Å². The molecule has 3 aromatic carbocycles. The number of carbonyl (C=O) groups excluding carboxylic acids is 2. The second kappa shape index (κ2) is 9.47. The molecule has 176 valence electrons. The van der Waals surface area contributed by atoms with E-state index >= 15 is 0 Å². The highest BCUT2D eigenvalue weighted by molar-refractivity contribution is 6.14. The van der Waals surface area contributed by atoms with Crippen molar-refractivity contribution in [3.63, 3.8) is 0 Å². The van der Waals surface area contributed by atoms with Crippen LogP contribution in [0.15, 0.2) is 66.7 Å². The summed E-state index contributed by atoms with van der Waals surface area (Å²) < 4.78 is 16.2. The fourth-order valence-electron chi connectivity index (χ4n) is 4.40. The molecule has 1 atom stereocenters. The predicted octanol–water partition coefficient (Wildman–Crippen LogP) is 3.99.